The van der Waals surface area contributed by atoms with Crippen molar-refractivity contribution in [3.8, 4) is 0 Å². The van der Waals surface area contributed by atoms with Gasteiger partial charge in [0.05, 0.1) is 36.6 Å². The van der Waals surface area contributed by atoms with Crippen molar-refractivity contribution in [2.75, 3.05) is 16.4 Å². The molecule has 2 N–H and O–H groups in total. The van der Waals surface area contributed by atoms with Gasteiger partial charge in [0.15, 0.2) is 13.9 Å². The Bertz CT molecular complexity index is 2040. The lowest BCUT2D eigenvalue weighted by Gasteiger charge is -2.32. The van der Waals surface area contributed by atoms with Crippen molar-refractivity contribution in [3.63, 3.8) is 0 Å². The minimum Gasteiger partial charge on any atom is -0.432 e. The molecule has 268 valence electrons. The van der Waals surface area contributed by atoms with Gasteiger partial charge in [-0.3, -0.25) is 19.2 Å². The highest BCUT2D eigenvalue weighted by Gasteiger charge is 2.66. The molecule has 1 spiro atoms. The molecule has 1 saturated heterocycles. The van der Waals surface area contributed by atoms with Crippen LogP contribution in [0.1, 0.15) is 41.6 Å². The number of carbonyl (C=O) groups is 2. The lowest BCUT2D eigenvalue weighted by molar-refractivity contribution is -0.146. The van der Waals surface area contributed by atoms with Gasteiger partial charge in [-0.25, -0.2) is 0 Å². The van der Waals surface area contributed by atoms with Crippen LogP contribution in [0.2, 0.25) is 23.7 Å². The number of nitrogens with zero attached hydrogens (tertiary/aromatic N) is 5. The standard InChI is InChI=1S/C40H42ClN5O5Si/c1-27-38(52(2,3)50)37(20-21-44-24-35(42-43-44)33(25-47)29-10-6-4-7-11-29)51-40(27)34-22-30(41)16-19-36(34)45(39(40)49)23-28-14-17-32(18-15-28)46(26-48)31-12-8-5-9-13-31/h4-19,22,24,26-27,33,37-38,47,50H,20-21,23,25H2,1-3H3/t27-,33?,37+,38-,40+/m0/s1. The van der Waals surface area contributed by atoms with E-state index in [2.05, 4.69) is 10.3 Å². The number of aliphatic hydroxyl groups is 1. The van der Waals surface area contributed by atoms with Crippen LogP contribution in [-0.4, -0.2) is 58.2 Å². The number of amides is 2. The number of aliphatic hydroxyl groups excluding tert-OH is 1. The average molecular weight is 736 g/mol. The summed E-state index contributed by atoms with van der Waals surface area (Å²) in [5.74, 6) is -0.844. The highest BCUT2D eigenvalue weighted by atomic mass is 35.5. The zero-order chi connectivity index (χ0) is 36.6. The fraction of sp³-hybridized carbons (Fsp3) is 0.300. The summed E-state index contributed by atoms with van der Waals surface area (Å²) in [5, 5.41) is 19.4. The Kier molecular flexibility index (Phi) is 9.90. The Labute approximate surface area is 309 Å². The van der Waals surface area contributed by atoms with Crippen molar-refractivity contribution >= 4 is 49.3 Å². The maximum absolute atomic E-state index is 14.8. The number of aryl methyl sites for hydroxylation is 1. The summed E-state index contributed by atoms with van der Waals surface area (Å²) >= 11 is 6.59. The molecule has 5 atom stereocenters. The number of ether oxygens (including phenoxy) is 1. The summed E-state index contributed by atoms with van der Waals surface area (Å²) in [6.45, 7) is 6.44. The fourth-order valence-corrected chi connectivity index (χ4v) is 11.0. The van der Waals surface area contributed by atoms with Crippen LogP contribution in [-0.2, 0) is 33.0 Å². The van der Waals surface area contributed by atoms with E-state index >= 15 is 0 Å². The van der Waals surface area contributed by atoms with E-state index in [1.807, 2.05) is 123 Å². The number of anilines is 3. The van der Waals surface area contributed by atoms with E-state index in [1.54, 1.807) is 20.5 Å². The van der Waals surface area contributed by atoms with Gasteiger partial charge in [0.2, 0.25) is 6.41 Å². The van der Waals surface area contributed by atoms with E-state index < -0.39 is 20.0 Å². The molecule has 12 heteroatoms. The number of fused-ring (bicyclic) bond motifs is 2. The summed E-state index contributed by atoms with van der Waals surface area (Å²) < 4.78 is 8.72. The normalized spacial score (nSPS) is 21.8. The molecule has 10 nitrogen and oxygen atoms in total. The van der Waals surface area contributed by atoms with E-state index in [1.165, 1.54) is 0 Å². The van der Waals surface area contributed by atoms with Crippen molar-refractivity contribution in [2.45, 2.75) is 62.7 Å². The van der Waals surface area contributed by atoms with Gasteiger partial charge in [-0.1, -0.05) is 84.4 Å². The van der Waals surface area contributed by atoms with Gasteiger partial charge < -0.3 is 19.5 Å². The maximum atomic E-state index is 14.8. The van der Waals surface area contributed by atoms with Gasteiger partial charge in [-0.2, -0.15) is 0 Å². The SMILES string of the molecule is C[C@H]1[C@H]([Si](C)(C)O)[C@@H](CCn2cc(C(CO)c3ccccc3)nn2)O[C@]12C(=O)N(Cc1ccc(N(C=O)c3ccccc3)cc1)c1ccc(Cl)cc12. The topological polar surface area (TPSA) is 121 Å². The Balaban J connectivity index is 1.15. The second-order valence-electron chi connectivity index (χ2n) is 14.2. The minimum atomic E-state index is -2.89. The number of para-hydroxylation sites is 1. The summed E-state index contributed by atoms with van der Waals surface area (Å²) in [5.41, 5.74) is 3.77. The Morgan fingerprint density at radius 3 is 2.33 bits per heavy atom. The average Bonchev–Trinajstić information content (AvgIpc) is 3.80. The molecule has 5 aromatic rings. The van der Waals surface area contributed by atoms with Gasteiger partial charge in [-0.05, 0) is 73.1 Å². The Morgan fingerprint density at radius 1 is 1.00 bits per heavy atom. The molecular formula is C40H42ClN5O5Si. The number of aromatic nitrogens is 3. The van der Waals surface area contributed by atoms with E-state index in [0.29, 0.717) is 34.9 Å². The Morgan fingerprint density at radius 2 is 1.67 bits per heavy atom. The third-order valence-corrected chi connectivity index (χ3v) is 13.3. The van der Waals surface area contributed by atoms with Gasteiger partial charge in [0.25, 0.3) is 5.91 Å². The molecule has 2 aliphatic rings. The van der Waals surface area contributed by atoms with E-state index in [4.69, 9.17) is 16.3 Å². The molecule has 2 aliphatic heterocycles. The van der Waals surface area contributed by atoms with Gasteiger partial charge in [-0.15, -0.1) is 5.10 Å². The molecule has 0 saturated carbocycles. The molecule has 52 heavy (non-hydrogen) atoms. The zero-order valence-electron chi connectivity index (χ0n) is 29.3. The lowest BCUT2D eigenvalue weighted by atomic mass is 9.82. The largest absolute Gasteiger partial charge is 0.432 e. The van der Waals surface area contributed by atoms with Crippen molar-refractivity contribution in [2.24, 2.45) is 5.92 Å². The Hall–Kier alpha value is -4.65. The van der Waals surface area contributed by atoms with Crippen LogP contribution in [0, 0.1) is 5.92 Å². The third-order valence-electron chi connectivity index (χ3n) is 10.6. The number of hydrogen-bond donors (Lipinski definition) is 2. The van der Waals surface area contributed by atoms with Crippen molar-refractivity contribution < 1.29 is 24.2 Å². The van der Waals surface area contributed by atoms with E-state index in [0.717, 1.165) is 28.9 Å². The molecule has 1 fully saturated rings. The van der Waals surface area contributed by atoms with E-state index in [-0.39, 0.29) is 36.4 Å². The highest BCUT2D eigenvalue weighted by molar-refractivity contribution is 6.71. The van der Waals surface area contributed by atoms with Gasteiger partial charge in [0, 0.05) is 46.2 Å². The summed E-state index contributed by atoms with van der Waals surface area (Å²) in [6, 6.07) is 32.2. The molecule has 3 heterocycles. The molecule has 2 amide bonds. The second kappa shape index (κ2) is 14.4. The maximum Gasteiger partial charge on any atom is 0.264 e. The van der Waals surface area contributed by atoms with Crippen LogP contribution in [0.4, 0.5) is 17.1 Å². The summed E-state index contributed by atoms with van der Waals surface area (Å²) in [7, 11) is -2.89. The molecule has 0 radical (unpaired) electrons. The van der Waals surface area contributed by atoms with Crippen molar-refractivity contribution in [1.82, 2.24) is 15.0 Å². The number of rotatable bonds is 12. The predicted octanol–water partition coefficient (Wildman–Crippen LogP) is 6.79. The third kappa shape index (κ3) is 6.48. The van der Waals surface area contributed by atoms with Crippen LogP contribution >= 0.6 is 11.6 Å². The smallest absolute Gasteiger partial charge is 0.264 e. The highest BCUT2D eigenvalue weighted by Crippen LogP contribution is 2.60. The molecule has 0 bridgehead atoms. The first-order chi connectivity index (χ1) is 25.0. The molecule has 7 rings (SSSR count). The lowest BCUT2D eigenvalue weighted by Crippen LogP contribution is -2.46. The van der Waals surface area contributed by atoms with Crippen LogP contribution in [0.15, 0.2) is 109 Å². The zero-order valence-corrected chi connectivity index (χ0v) is 31.1. The van der Waals surface area contributed by atoms with Gasteiger partial charge >= 0.3 is 0 Å². The fourth-order valence-electron chi connectivity index (χ4n) is 8.18. The van der Waals surface area contributed by atoms with Crippen LogP contribution in [0.25, 0.3) is 0 Å². The molecule has 4 aromatic carbocycles. The first kappa shape index (κ1) is 35.7. The molecule has 1 aromatic heterocycles. The van der Waals surface area contributed by atoms with Gasteiger partial charge in [0.1, 0.15) is 0 Å². The number of hydrogen-bond acceptors (Lipinski definition) is 7. The summed E-state index contributed by atoms with van der Waals surface area (Å²) in [6.07, 6.45) is 2.67. The number of carbonyl (C=O) groups excluding carboxylic acids is 2. The predicted molar refractivity (Wildman–Crippen MR) is 203 cm³/mol. The first-order valence-corrected chi connectivity index (χ1v) is 20.9. The number of halogens is 1. The molecular weight excluding hydrogens is 694 g/mol. The minimum absolute atomic E-state index is 0.101. The van der Waals surface area contributed by atoms with Crippen LogP contribution < -0.4 is 9.80 Å². The monoisotopic (exact) mass is 735 g/mol. The van der Waals surface area contributed by atoms with Crippen LogP contribution in [0.5, 0.6) is 0 Å². The van der Waals surface area contributed by atoms with E-state index in [9.17, 15) is 19.5 Å². The summed E-state index contributed by atoms with van der Waals surface area (Å²) in [4.78, 5) is 41.9. The molecule has 1 unspecified atom stereocenters. The van der Waals surface area contributed by atoms with Crippen LogP contribution in [0.3, 0.4) is 0 Å². The quantitative estimate of drug-likeness (QED) is 0.107. The van der Waals surface area contributed by atoms with Crippen molar-refractivity contribution in [3.05, 3.63) is 137 Å². The number of benzene rings is 4. The van der Waals surface area contributed by atoms with Crippen molar-refractivity contribution in [1.29, 1.82) is 0 Å². The first-order valence-electron chi connectivity index (χ1n) is 17.5. The molecule has 0 aliphatic carbocycles. The second-order valence-corrected chi connectivity index (χ2v) is 18.6.